The van der Waals surface area contributed by atoms with Crippen LogP contribution in [-0.2, 0) is 44.9 Å². The van der Waals surface area contributed by atoms with Crippen LogP contribution in [0, 0.1) is 5.92 Å². The van der Waals surface area contributed by atoms with Gasteiger partial charge in [-0.05, 0) is 32.3 Å². The second-order valence-electron chi connectivity index (χ2n) is 8.83. The first-order valence-corrected chi connectivity index (χ1v) is 13.6. The van der Waals surface area contributed by atoms with Crippen molar-refractivity contribution < 1.29 is 46.7 Å². The zero-order chi connectivity index (χ0) is 29.3. The Morgan fingerprint density at radius 1 is 0.947 bits per heavy atom. The third kappa shape index (κ3) is 8.85. The molecule has 4 N–H and O–H groups in total. The van der Waals surface area contributed by atoms with E-state index < -0.39 is 66.6 Å². The lowest BCUT2D eigenvalue weighted by Gasteiger charge is -2.27. The minimum absolute atomic E-state index is 0.121. The highest BCUT2D eigenvalue weighted by atomic mass is 31.2. The predicted molar refractivity (Wildman–Crippen MR) is 135 cm³/mol. The number of carboxylic acids is 1. The highest BCUT2D eigenvalue weighted by molar-refractivity contribution is 7.54. The Hall–Kier alpha value is -2.89. The minimum atomic E-state index is -4.80. The van der Waals surface area contributed by atoms with Crippen LogP contribution in [0.4, 0.5) is 8.78 Å². The largest absolute Gasteiger partial charge is 0.480 e. The maximum Gasteiger partial charge on any atom is 0.404 e. The molecule has 0 spiro atoms. The summed E-state index contributed by atoms with van der Waals surface area (Å²) >= 11 is 0. The molecule has 11 nitrogen and oxygen atoms in total. The van der Waals surface area contributed by atoms with Crippen molar-refractivity contribution in [2.45, 2.75) is 71.8 Å². The number of hydrogen-bond donors (Lipinski definition) is 4. The lowest BCUT2D eigenvalue weighted by Crippen LogP contribution is -2.57. The number of nitrogens with one attached hydrogen (secondary N) is 3. The van der Waals surface area contributed by atoms with Gasteiger partial charge in [-0.2, -0.15) is 8.78 Å². The Morgan fingerprint density at radius 2 is 1.47 bits per heavy atom. The van der Waals surface area contributed by atoms with Crippen LogP contribution in [0.2, 0.25) is 0 Å². The molecule has 3 amide bonds. The van der Waals surface area contributed by atoms with Crippen LogP contribution >= 0.6 is 7.60 Å². The Balaban J connectivity index is 3.14. The van der Waals surface area contributed by atoms with Gasteiger partial charge >= 0.3 is 19.2 Å². The number of rotatable bonds is 15. The lowest BCUT2D eigenvalue weighted by molar-refractivity contribution is -0.142. The van der Waals surface area contributed by atoms with Crippen molar-refractivity contribution in [3.05, 3.63) is 35.4 Å². The number of carboxylic acid groups (broad SMARTS) is 1. The Morgan fingerprint density at radius 3 is 1.89 bits per heavy atom. The molecular formula is C24H36F2N3O8P. The van der Waals surface area contributed by atoms with Gasteiger partial charge in [-0.25, -0.2) is 0 Å². The molecule has 38 heavy (non-hydrogen) atoms. The molecule has 3 atom stereocenters. The van der Waals surface area contributed by atoms with Crippen molar-refractivity contribution in [2.24, 2.45) is 5.92 Å². The average molecular weight is 564 g/mol. The molecule has 0 saturated heterocycles. The van der Waals surface area contributed by atoms with Crippen molar-refractivity contribution >= 4 is 31.3 Å². The van der Waals surface area contributed by atoms with Gasteiger partial charge in [-0.1, -0.05) is 38.1 Å². The summed E-state index contributed by atoms with van der Waals surface area (Å²) in [7, 11) is -4.80. The third-order valence-corrected chi connectivity index (χ3v) is 7.50. The maximum absolute atomic E-state index is 15.0. The molecule has 1 aromatic rings. The summed E-state index contributed by atoms with van der Waals surface area (Å²) in [6.07, 6.45) is -0.121. The maximum atomic E-state index is 15.0. The van der Waals surface area contributed by atoms with Gasteiger partial charge in [-0.3, -0.25) is 23.7 Å². The fourth-order valence-corrected chi connectivity index (χ4v) is 4.93. The van der Waals surface area contributed by atoms with Gasteiger partial charge in [-0.15, -0.1) is 0 Å². The molecule has 214 valence electrons. The van der Waals surface area contributed by atoms with Crippen LogP contribution in [-0.4, -0.2) is 60.1 Å². The molecule has 0 heterocycles. The number of halogens is 2. The molecule has 0 fully saturated rings. The number of alkyl halides is 2. The van der Waals surface area contributed by atoms with E-state index in [0.717, 1.165) is 12.1 Å². The van der Waals surface area contributed by atoms with Gasteiger partial charge in [0.1, 0.15) is 18.1 Å². The molecule has 1 aromatic carbocycles. The second kappa shape index (κ2) is 14.3. The third-order valence-electron chi connectivity index (χ3n) is 5.35. The topological polar surface area (TPSA) is 160 Å². The van der Waals surface area contributed by atoms with E-state index in [4.69, 9.17) is 14.2 Å². The Kier molecular flexibility index (Phi) is 12.5. The molecular weight excluding hydrogens is 527 g/mol. The SMILES string of the molecule is CCOP(=O)(OCC)C(F)(F)c1ccc(CC(NC(C)=O)C(=O)N[C@@H](C(=O)N[C@H](C)C(=O)O)C(C)C)cc1. The molecule has 0 bridgehead atoms. The smallest absolute Gasteiger partial charge is 0.404 e. The van der Waals surface area contributed by atoms with Crippen LogP contribution in [0.5, 0.6) is 0 Å². The summed E-state index contributed by atoms with van der Waals surface area (Å²) < 4.78 is 52.2. The average Bonchev–Trinajstić information content (AvgIpc) is 2.81. The molecule has 0 radical (unpaired) electrons. The van der Waals surface area contributed by atoms with Crippen LogP contribution in [0.25, 0.3) is 0 Å². The monoisotopic (exact) mass is 563 g/mol. The number of hydrogen-bond acceptors (Lipinski definition) is 7. The van der Waals surface area contributed by atoms with Crippen molar-refractivity contribution in [3.63, 3.8) is 0 Å². The number of benzene rings is 1. The zero-order valence-electron chi connectivity index (χ0n) is 22.2. The van der Waals surface area contributed by atoms with E-state index in [-0.39, 0.29) is 19.6 Å². The van der Waals surface area contributed by atoms with Gasteiger partial charge < -0.3 is 30.1 Å². The summed E-state index contributed by atoms with van der Waals surface area (Å²) in [4.78, 5) is 48.4. The quantitative estimate of drug-likeness (QED) is 0.237. The standard InChI is InChI=1S/C24H36F2N3O8P/c1-7-36-38(35,37-8-2)24(25,26)18-11-9-17(10-12-18)13-19(28-16(6)30)21(31)29-20(14(3)4)22(32)27-15(5)23(33)34/h9-12,14-15,19-20H,7-8,13H2,1-6H3,(H,27,32)(H,28,30)(H,29,31)(H,33,34)/t15-,19?,20-/m1/s1. The van der Waals surface area contributed by atoms with Gasteiger partial charge in [0.25, 0.3) is 0 Å². The molecule has 0 aliphatic carbocycles. The van der Waals surface area contributed by atoms with E-state index in [2.05, 4.69) is 16.0 Å². The minimum Gasteiger partial charge on any atom is -0.480 e. The first-order chi connectivity index (χ1) is 17.6. The molecule has 1 rings (SSSR count). The van der Waals surface area contributed by atoms with Crippen molar-refractivity contribution in [2.75, 3.05) is 13.2 Å². The van der Waals surface area contributed by atoms with Gasteiger partial charge in [0, 0.05) is 18.9 Å². The fourth-order valence-electron chi connectivity index (χ4n) is 3.38. The Labute approximate surface area is 220 Å². The van der Waals surface area contributed by atoms with Crippen molar-refractivity contribution in [1.29, 1.82) is 0 Å². The predicted octanol–water partition coefficient (Wildman–Crippen LogP) is 2.78. The van der Waals surface area contributed by atoms with Crippen molar-refractivity contribution in [3.8, 4) is 0 Å². The van der Waals surface area contributed by atoms with Gasteiger partial charge in [0.2, 0.25) is 17.7 Å². The molecule has 0 saturated carbocycles. The lowest BCUT2D eigenvalue weighted by atomic mass is 10.00. The van der Waals surface area contributed by atoms with E-state index in [1.165, 1.54) is 39.8 Å². The van der Waals surface area contributed by atoms with Gasteiger partial charge in [0.15, 0.2) is 0 Å². The number of carbonyl (C=O) groups is 4. The first-order valence-electron chi connectivity index (χ1n) is 12.1. The van der Waals surface area contributed by atoms with E-state index in [1.54, 1.807) is 13.8 Å². The Bertz CT molecular complexity index is 1030. The van der Waals surface area contributed by atoms with E-state index >= 15 is 0 Å². The zero-order valence-corrected chi connectivity index (χ0v) is 23.1. The number of aliphatic carboxylic acids is 1. The highest BCUT2D eigenvalue weighted by Crippen LogP contribution is 2.66. The first kappa shape index (κ1) is 33.1. The molecule has 0 aliphatic heterocycles. The van der Waals surface area contributed by atoms with Gasteiger partial charge in [0.05, 0.1) is 13.2 Å². The summed E-state index contributed by atoms with van der Waals surface area (Å²) in [6.45, 7) is 8.08. The van der Waals surface area contributed by atoms with E-state index in [0.29, 0.717) is 5.56 Å². The summed E-state index contributed by atoms with van der Waals surface area (Å²) in [6, 6.07) is 1.16. The number of amides is 3. The highest BCUT2D eigenvalue weighted by Gasteiger charge is 2.54. The summed E-state index contributed by atoms with van der Waals surface area (Å²) in [5, 5.41) is 16.3. The van der Waals surface area contributed by atoms with Crippen LogP contribution < -0.4 is 16.0 Å². The number of carbonyl (C=O) groups excluding carboxylic acids is 3. The van der Waals surface area contributed by atoms with Crippen LogP contribution in [0.15, 0.2) is 24.3 Å². The van der Waals surface area contributed by atoms with E-state index in [9.17, 15) is 32.5 Å². The van der Waals surface area contributed by atoms with E-state index in [1.807, 2.05) is 0 Å². The molecule has 14 heteroatoms. The molecule has 1 unspecified atom stereocenters. The van der Waals surface area contributed by atoms with Crippen LogP contribution in [0.3, 0.4) is 0 Å². The molecule has 0 aliphatic rings. The second-order valence-corrected chi connectivity index (χ2v) is 10.9. The summed E-state index contributed by atoms with van der Waals surface area (Å²) in [5.41, 5.74) is -4.17. The normalized spacial score (nSPS) is 14.3. The molecule has 0 aromatic heterocycles. The summed E-state index contributed by atoms with van der Waals surface area (Å²) in [5.74, 6) is -3.68. The fraction of sp³-hybridized carbons (Fsp3) is 0.583. The van der Waals surface area contributed by atoms with Crippen molar-refractivity contribution in [1.82, 2.24) is 16.0 Å². The van der Waals surface area contributed by atoms with Crippen LogP contribution in [0.1, 0.15) is 52.7 Å².